The quantitative estimate of drug-likeness (QED) is 0.759. The molecule has 0 bridgehead atoms. The molecule has 2 rings (SSSR count). The standard InChI is InChI=1S/C15H16INO/c1-10-7-11(2)13(12(3)8-10)9-17-6-4-5-14(16)15(17)18/h4-8H,9H2,1-3H3. The first kappa shape index (κ1) is 13.3. The fraction of sp³-hybridized carbons (Fsp3) is 0.267. The van der Waals surface area contributed by atoms with E-state index in [1.165, 1.54) is 22.3 Å². The number of pyridine rings is 1. The third-order valence-corrected chi connectivity index (χ3v) is 3.96. The van der Waals surface area contributed by atoms with Gasteiger partial charge in [0.1, 0.15) is 0 Å². The Labute approximate surface area is 121 Å². The molecule has 0 amide bonds. The lowest BCUT2D eigenvalue weighted by atomic mass is 10.00. The summed E-state index contributed by atoms with van der Waals surface area (Å²) in [7, 11) is 0. The average Bonchev–Trinajstić information content (AvgIpc) is 2.28. The van der Waals surface area contributed by atoms with E-state index in [4.69, 9.17) is 0 Å². The van der Waals surface area contributed by atoms with Gasteiger partial charge in [0, 0.05) is 6.20 Å². The van der Waals surface area contributed by atoms with Gasteiger partial charge in [0.15, 0.2) is 0 Å². The fourth-order valence-electron chi connectivity index (χ4n) is 2.26. The van der Waals surface area contributed by atoms with E-state index in [1.54, 1.807) is 4.57 Å². The summed E-state index contributed by atoms with van der Waals surface area (Å²) in [5.74, 6) is 0. The van der Waals surface area contributed by atoms with E-state index in [0.29, 0.717) is 6.54 Å². The van der Waals surface area contributed by atoms with Gasteiger partial charge in [-0.25, -0.2) is 0 Å². The van der Waals surface area contributed by atoms with Gasteiger partial charge in [-0.2, -0.15) is 0 Å². The maximum atomic E-state index is 12.0. The van der Waals surface area contributed by atoms with Gasteiger partial charge < -0.3 is 4.57 Å². The molecule has 0 atom stereocenters. The second kappa shape index (κ2) is 5.26. The lowest BCUT2D eigenvalue weighted by molar-refractivity contribution is 0.746. The molecule has 3 heteroatoms. The molecule has 1 aromatic heterocycles. The molecule has 0 aliphatic carbocycles. The molecule has 0 spiro atoms. The molecule has 0 saturated carbocycles. The Balaban J connectivity index is 2.47. The largest absolute Gasteiger partial charge is 0.310 e. The topological polar surface area (TPSA) is 22.0 Å². The molecule has 2 aromatic rings. The summed E-state index contributed by atoms with van der Waals surface area (Å²) < 4.78 is 2.53. The van der Waals surface area contributed by atoms with E-state index < -0.39 is 0 Å². The zero-order valence-corrected chi connectivity index (χ0v) is 13.0. The van der Waals surface area contributed by atoms with Crippen LogP contribution in [0.15, 0.2) is 35.3 Å². The molecule has 0 saturated heterocycles. The summed E-state index contributed by atoms with van der Waals surface area (Å²) in [6.07, 6.45) is 1.85. The number of aryl methyl sites for hydroxylation is 3. The highest BCUT2D eigenvalue weighted by atomic mass is 127. The average molecular weight is 353 g/mol. The smallest absolute Gasteiger partial charge is 0.264 e. The summed E-state index contributed by atoms with van der Waals surface area (Å²) in [6.45, 7) is 6.96. The van der Waals surface area contributed by atoms with Crippen molar-refractivity contribution in [2.24, 2.45) is 0 Å². The van der Waals surface area contributed by atoms with Crippen LogP contribution in [0.3, 0.4) is 0 Å². The molecular weight excluding hydrogens is 337 g/mol. The fourth-order valence-corrected chi connectivity index (χ4v) is 2.78. The van der Waals surface area contributed by atoms with Gasteiger partial charge in [0.2, 0.25) is 0 Å². The van der Waals surface area contributed by atoms with E-state index >= 15 is 0 Å². The Kier molecular flexibility index (Phi) is 3.90. The van der Waals surface area contributed by atoms with E-state index in [1.807, 2.05) is 18.3 Å². The zero-order valence-electron chi connectivity index (χ0n) is 10.8. The summed E-state index contributed by atoms with van der Waals surface area (Å²) in [5, 5.41) is 0. The van der Waals surface area contributed by atoms with Crippen LogP contribution in [0.2, 0.25) is 0 Å². The molecule has 0 N–H and O–H groups in total. The van der Waals surface area contributed by atoms with Crippen molar-refractivity contribution in [3.8, 4) is 0 Å². The molecule has 94 valence electrons. The van der Waals surface area contributed by atoms with Crippen molar-refractivity contribution >= 4 is 22.6 Å². The van der Waals surface area contributed by atoms with Crippen molar-refractivity contribution < 1.29 is 0 Å². The number of nitrogens with zero attached hydrogens (tertiary/aromatic N) is 1. The molecule has 18 heavy (non-hydrogen) atoms. The summed E-state index contributed by atoms with van der Waals surface area (Å²) in [5.41, 5.74) is 5.09. The maximum absolute atomic E-state index is 12.0. The molecule has 1 heterocycles. The molecular formula is C15H16INO. The number of rotatable bonds is 2. The first-order chi connectivity index (χ1) is 8.49. The highest BCUT2D eigenvalue weighted by molar-refractivity contribution is 14.1. The van der Waals surface area contributed by atoms with Crippen molar-refractivity contribution in [1.29, 1.82) is 0 Å². The van der Waals surface area contributed by atoms with Crippen LogP contribution in [0.4, 0.5) is 0 Å². The number of hydrogen-bond acceptors (Lipinski definition) is 1. The van der Waals surface area contributed by atoms with Gasteiger partial charge in [0.25, 0.3) is 5.56 Å². The first-order valence-corrected chi connectivity index (χ1v) is 6.98. The minimum absolute atomic E-state index is 0.0810. The Morgan fingerprint density at radius 2 is 1.78 bits per heavy atom. The molecule has 0 unspecified atom stereocenters. The van der Waals surface area contributed by atoms with Crippen molar-refractivity contribution in [3.63, 3.8) is 0 Å². The molecule has 0 fully saturated rings. The molecule has 0 aliphatic heterocycles. The van der Waals surface area contributed by atoms with Gasteiger partial charge in [0.05, 0.1) is 10.1 Å². The number of halogens is 1. The predicted molar refractivity (Wildman–Crippen MR) is 83.2 cm³/mol. The zero-order chi connectivity index (χ0) is 13.3. The minimum Gasteiger partial charge on any atom is -0.310 e. The van der Waals surface area contributed by atoms with Crippen LogP contribution in [-0.2, 0) is 6.54 Å². The highest BCUT2D eigenvalue weighted by Gasteiger charge is 2.06. The third kappa shape index (κ3) is 2.66. The molecule has 1 aromatic carbocycles. The lowest BCUT2D eigenvalue weighted by Crippen LogP contribution is -2.22. The van der Waals surface area contributed by atoms with E-state index in [2.05, 4.69) is 55.5 Å². The van der Waals surface area contributed by atoms with Crippen molar-refractivity contribution in [1.82, 2.24) is 4.57 Å². The second-order valence-corrected chi connectivity index (χ2v) is 5.83. The monoisotopic (exact) mass is 353 g/mol. The van der Waals surface area contributed by atoms with Crippen LogP contribution in [0.1, 0.15) is 22.3 Å². The van der Waals surface area contributed by atoms with Crippen LogP contribution in [0.5, 0.6) is 0 Å². The minimum atomic E-state index is 0.0810. The van der Waals surface area contributed by atoms with Gasteiger partial charge in [-0.3, -0.25) is 4.79 Å². The predicted octanol–water partition coefficient (Wildman–Crippen LogP) is 3.43. The maximum Gasteiger partial charge on any atom is 0.264 e. The Morgan fingerprint density at radius 3 is 2.39 bits per heavy atom. The van der Waals surface area contributed by atoms with E-state index in [0.717, 1.165) is 3.57 Å². The van der Waals surface area contributed by atoms with Crippen LogP contribution in [0.25, 0.3) is 0 Å². The van der Waals surface area contributed by atoms with Gasteiger partial charge in [-0.05, 0) is 72.2 Å². The van der Waals surface area contributed by atoms with Crippen LogP contribution in [0, 0.1) is 24.3 Å². The summed E-state index contributed by atoms with van der Waals surface area (Å²) in [6, 6.07) is 8.10. The van der Waals surface area contributed by atoms with Gasteiger partial charge >= 0.3 is 0 Å². The second-order valence-electron chi connectivity index (χ2n) is 4.67. The van der Waals surface area contributed by atoms with Gasteiger partial charge in [-0.1, -0.05) is 17.7 Å². The van der Waals surface area contributed by atoms with Gasteiger partial charge in [-0.15, -0.1) is 0 Å². The van der Waals surface area contributed by atoms with Crippen LogP contribution in [-0.4, -0.2) is 4.57 Å². The molecule has 0 radical (unpaired) electrons. The van der Waals surface area contributed by atoms with Crippen molar-refractivity contribution in [3.05, 3.63) is 66.6 Å². The normalized spacial score (nSPS) is 10.7. The highest BCUT2D eigenvalue weighted by Crippen LogP contribution is 2.17. The van der Waals surface area contributed by atoms with E-state index in [9.17, 15) is 4.79 Å². The number of aromatic nitrogens is 1. The summed E-state index contributed by atoms with van der Waals surface area (Å²) >= 11 is 2.08. The SMILES string of the molecule is Cc1cc(C)c(Cn2cccc(I)c2=O)c(C)c1. The lowest BCUT2D eigenvalue weighted by Gasteiger charge is -2.13. The van der Waals surface area contributed by atoms with E-state index in [-0.39, 0.29) is 5.56 Å². The van der Waals surface area contributed by atoms with Crippen molar-refractivity contribution in [2.75, 3.05) is 0 Å². The Bertz CT molecular complexity index is 620. The Morgan fingerprint density at radius 1 is 1.17 bits per heavy atom. The van der Waals surface area contributed by atoms with Crippen LogP contribution < -0.4 is 5.56 Å². The molecule has 2 nitrogen and oxygen atoms in total. The van der Waals surface area contributed by atoms with Crippen LogP contribution >= 0.6 is 22.6 Å². The molecule has 0 aliphatic rings. The number of hydrogen-bond donors (Lipinski definition) is 0. The number of benzene rings is 1. The Hall–Kier alpha value is -1.10. The first-order valence-electron chi connectivity index (χ1n) is 5.90. The van der Waals surface area contributed by atoms with Crippen molar-refractivity contribution in [2.45, 2.75) is 27.3 Å². The summed E-state index contributed by atoms with van der Waals surface area (Å²) in [4.78, 5) is 12.0. The third-order valence-electron chi connectivity index (χ3n) is 3.14.